The van der Waals surface area contributed by atoms with Crippen LogP contribution in [0.15, 0.2) is 24.3 Å². The molecule has 194 valence electrons. The normalized spacial score (nSPS) is 36.4. The van der Waals surface area contributed by atoms with Crippen molar-refractivity contribution >= 4 is 11.7 Å². The molecule has 35 heavy (non-hydrogen) atoms. The van der Waals surface area contributed by atoms with Crippen LogP contribution in [-0.4, -0.2) is 60.8 Å². The highest BCUT2D eigenvalue weighted by Crippen LogP contribution is 2.61. The van der Waals surface area contributed by atoms with Gasteiger partial charge in [-0.05, 0) is 90.9 Å². The van der Waals surface area contributed by atoms with Gasteiger partial charge in [0.15, 0.2) is 0 Å². The van der Waals surface area contributed by atoms with E-state index in [2.05, 4.69) is 49.7 Å². The maximum atomic E-state index is 11.2. The molecule has 5 nitrogen and oxygen atoms in total. The second-order valence-corrected chi connectivity index (χ2v) is 13.6. The lowest BCUT2D eigenvalue weighted by Crippen LogP contribution is -2.62. The van der Waals surface area contributed by atoms with E-state index in [-0.39, 0.29) is 0 Å². The molecule has 2 N–H and O–H groups in total. The van der Waals surface area contributed by atoms with Crippen LogP contribution in [0.1, 0.15) is 77.1 Å². The first kappa shape index (κ1) is 25.1. The maximum Gasteiger partial charge on any atom is 0.335 e. The molecule has 1 aliphatic heterocycles. The standard InChI is InChI=1S/C30H47N3O2/c1-20-25-16-23(30(25,4)5)17-27(20)31-26-10-11-29(2,3)18-22(26)19-32-12-14-33(15-13-32)24-8-6-21(7-9-24)28(34)35/h6-9,20,22-23,25-27,31H,10-19H2,1-5H3,(H,34,35)/t20-,22?,23-,25+,26?,27-/m0/s1. The predicted molar refractivity (Wildman–Crippen MR) is 143 cm³/mol. The Kier molecular flexibility index (Phi) is 6.71. The highest BCUT2D eigenvalue weighted by atomic mass is 16.4. The van der Waals surface area contributed by atoms with E-state index in [9.17, 15) is 4.79 Å². The van der Waals surface area contributed by atoms with Gasteiger partial charge in [-0.25, -0.2) is 4.79 Å². The van der Waals surface area contributed by atoms with Gasteiger partial charge < -0.3 is 15.3 Å². The molecular weight excluding hydrogens is 434 g/mol. The van der Waals surface area contributed by atoms with Crippen molar-refractivity contribution < 1.29 is 9.90 Å². The summed E-state index contributed by atoms with van der Waals surface area (Å²) in [6, 6.07) is 8.72. The average Bonchev–Trinajstić information content (AvgIpc) is 2.82. The molecule has 2 bridgehead atoms. The summed E-state index contributed by atoms with van der Waals surface area (Å²) < 4.78 is 0. The maximum absolute atomic E-state index is 11.2. The van der Waals surface area contributed by atoms with E-state index in [1.807, 2.05) is 12.1 Å². The van der Waals surface area contributed by atoms with E-state index in [0.717, 1.165) is 55.5 Å². The summed E-state index contributed by atoms with van der Waals surface area (Å²) in [6.45, 7) is 17.9. The van der Waals surface area contributed by atoms with Gasteiger partial charge in [0.05, 0.1) is 5.56 Å². The molecule has 5 heteroatoms. The summed E-state index contributed by atoms with van der Waals surface area (Å²) in [5.74, 6) is 2.47. The lowest BCUT2D eigenvalue weighted by molar-refractivity contribution is -0.118. The molecule has 0 radical (unpaired) electrons. The van der Waals surface area contributed by atoms with Crippen LogP contribution in [0, 0.1) is 34.5 Å². The van der Waals surface area contributed by atoms with Crippen molar-refractivity contribution in [3.8, 4) is 0 Å². The minimum atomic E-state index is -0.858. The number of hydrogen-bond donors (Lipinski definition) is 2. The molecule has 0 spiro atoms. The smallest absolute Gasteiger partial charge is 0.335 e. The number of benzene rings is 1. The Morgan fingerprint density at radius 3 is 2.31 bits per heavy atom. The fourth-order valence-corrected chi connectivity index (χ4v) is 8.13. The first-order valence-electron chi connectivity index (χ1n) is 14.1. The van der Waals surface area contributed by atoms with Crippen molar-refractivity contribution in [3.63, 3.8) is 0 Å². The van der Waals surface area contributed by atoms with Crippen LogP contribution in [0.2, 0.25) is 0 Å². The van der Waals surface area contributed by atoms with Gasteiger partial charge in [-0.15, -0.1) is 0 Å². The Hall–Kier alpha value is -1.59. The highest BCUT2D eigenvalue weighted by molar-refractivity contribution is 5.88. The van der Waals surface area contributed by atoms with Gasteiger partial charge in [-0.1, -0.05) is 34.6 Å². The van der Waals surface area contributed by atoms with Crippen LogP contribution >= 0.6 is 0 Å². The van der Waals surface area contributed by atoms with E-state index in [4.69, 9.17) is 5.11 Å². The van der Waals surface area contributed by atoms with Crippen molar-refractivity contribution in [2.45, 2.75) is 78.8 Å². The second kappa shape index (κ2) is 9.37. The lowest BCUT2D eigenvalue weighted by Gasteiger charge is -2.63. The Balaban J connectivity index is 1.18. The molecule has 0 aromatic heterocycles. The zero-order valence-electron chi connectivity index (χ0n) is 22.6. The molecular formula is C30H47N3O2. The van der Waals surface area contributed by atoms with Gasteiger partial charge in [0, 0.05) is 50.5 Å². The molecule has 4 aliphatic carbocycles. The number of carbonyl (C=O) groups is 1. The van der Waals surface area contributed by atoms with Gasteiger partial charge in [-0.2, -0.15) is 0 Å². The number of nitrogens with zero attached hydrogens (tertiary/aromatic N) is 2. The number of piperazine rings is 1. The Morgan fingerprint density at radius 1 is 1.03 bits per heavy atom. The summed E-state index contributed by atoms with van der Waals surface area (Å²) >= 11 is 0. The number of carboxylic acid groups (broad SMARTS) is 1. The van der Waals surface area contributed by atoms with Gasteiger partial charge in [0.1, 0.15) is 0 Å². The third kappa shape index (κ3) is 5.00. The molecule has 0 amide bonds. The van der Waals surface area contributed by atoms with Crippen LogP contribution in [0.5, 0.6) is 0 Å². The van der Waals surface area contributed by atoms with Crippen LogP contribution in [0.4, 0.5) is 5.69 Å². The molecule has 6 rings (SSSR count). The Morgan fingerprint density at radius 2 is 1.71 bits per heavy atom. The monoisotopic (exact) mass is 481 g/mol. The fraction of sp³-hybridized carbons (Fsp3) is 0.767. The van der Waals surface area contributed by atoms with E-state index in [1.54, 1.807) is 12.1 Å². The highest BCUT2D eigenvalue weighted by Gasteiger charge is 2.56. The van der Waals surface area contributed by atoms with Crippen LogP contribution in [0.3, 0.4) is 0 Å². The molecule has 5 aliphatic rings. The molecule has 1 saturated heterocycles. The molecule has 1 heterocycles. The summed E-state index contributed by atoms with van der Waals surface area (Å²) in [4.78, 5) is 16.2. The molecule has 2 unspecified atom stereocenters. The largest absolute Gasteiger partial charge is 0.478 e. The van der Waals surface area contributed by atoms with E-state index in [1.165, 1.54) is 38.6 Å². The second-order valence-electron chi connectivity index (χ2n) is 13.6. The van der Waals surface area contributed by atoms with E-state index >= 15 is 0 Å². The van der Waals surface area contributed by atoms with E-state index < -0.39 is 5.97 Å². The summed E-state index contributed by atoms with van der Waals surface area (Å²) in [5.41, 5.74) is 2.50. The average molecular weight is 482 g/mol. The van der Waals surface area contributed by atoms with Crippen molar-refractivity contribution in [1.82, 2.24) is 10.2 Å². The summed E-state index contributed by atoms with van der Waals surface area (Å²) in [5, 5.41) is 13.4. The molecule has 4 saturated carbocycles. The van der Waals surface area contributed by atoms with Crippen molar-refractivity contribution in [2.75, 3.05) is 37.6 Å². The number of nitrogens with one attached hydrogen (secondary N) is 1. The van der Waals surface area contributed by atoms with Crippen LogP contribution in [0.25, 0.3) is 0 Å². The third-order valence-corrected chi connectivity index (χ3v) is 10.6. The van der Waals surface area contributed by atoms with Gasteiger partial charge in [0.25, 0.3) is 0 Å². The number of rotatable bonds is 6. The molecule has 6 atom stereocenters. The molecule has 5 fully saturated rings. The fourth-order valence-electron chi connectivity index (χ4n) is 8.13. The van der Waals surface area contributed by atoms with Gasteiger partial charge >= 0.3 is 5.97 Å². The topological polar surface area (TPSA) is 55.8 Å². The first-order chi connectivity index (χ1) is 16.5. The minimum Gasteiger partial charge on any atom is -0.478 e. The molecule has 1 aromatic rings. The third-order valence-electron chi connectivity index (χ3n) is 10.6. The number of carboxylic acids is 1. The number of aromatic carboxylic acids is 1. The zero-order valence-corrected chi connectivity index (χ0v) is 22.6. The van der Waals surface area contributed by atoms with Crippen LogP contribution in [-0.2, 0) is 0 Å². The Bertz CT molecular complexity index is 903. The van der Waals surface area contributed by atoms with Gasteiger partial charge in [0.2, 0.25) is 0 Å². The number of hydrogen-bond acceptors (Lipinski definition) is 4. The van der Waals surface area contributed by atoms with Gasteiger partial charge in [-0.3, -0.25) is 4.90 Å². The lowest BCUT2D eigenvalue weighted by atomic mass is 9.44. The SMILES string of the molecule is C[C@@H]1[C@@H](NC2CCC(C)(C)CC2CN2CCN(c3ccc(C(=O)O)cc3)CC2)C[C@@H]2C[C@H]1C2(C)C. The zero-order chi connectivity index (χ0) is 25.0. The van der Waals surface area contributed by atoms with Crippen molar-refractivity contribution in [3.05, 3.63) is 29.8 Å². The summed E-state index contributed by atoms with van der Waals surface area (Å²) in [7, 11) is 0. The van der Waals surface area contributed by atoms with E-state index in [0.29, 0.717) is 28.5 Å². The molecule has 1 aromatic carbocycles. The minimum absolute atomic E-state index is 0.360. The van der Waals surface area contributed by atoms with Crippen LogP contribution < -0.4 is 10.2 Å². The Labute approximate surface area is 212 Å². The quantitative estimate of drug-likeness (QED) is 0.573. The number of anilines is 1. The first-order valence-corrected chi connectivity index (χ1v) is 14.1. The summed E-state index contributed by atoms with van der Waals surface area (Å²) in [6.07, 6.45) is 6.80. The number of fused-ring (bicyclic) bond motifs is 2. The predicted octanol–water partition coefficient (Wildman–Crippen LogP) is 5.36. The van der Waals surface area contributed by atoms with Crippen molar-refractivity contribution in [1.29, 1.82) is 0 Å². The van der Waals surface area contributed by atoms with Crippen molar-refractivity contribution in [2.24, 2.45) is 34.5 Å².